The van der Waals surface area contributed by atoms with Gasteiger partial charge in [0.15, 0.2) is 0 Å². The largest absolute Gasteiger partial charge is 0.507 e. The number of nitrogen functional groups attached to an aromatic ring is 1. The number of rotatable bonds is 4. The number of ether oxygens (including phenoxy) is 1. The first-order valence-electron chi connectivity index (χ1n) is 7.37. The van der Waals surface area contributed by atoms with Gasteiger partial charge < -0.3 is 15.6 Å². The molecular formula is C17H15N3O5S. The SMILES string of the molecule is COc1cc(N)ccc1N=Nc1ccc2c(O)cc(S(=O)(=O)O)cc2c1. The number of azo groups is 1. The van der Waals surface area contributed by atoms with Gasteiger partial charge in [-0.05, 0) is 41.8 Å². The van der Waals surface area contributed by atoms with Crippen molar-refractivity contribution in [3.05, 3.63) is 48.5 Å². The van der Waals surface area contributed by atoms with E-state index in [2.05, 4.69) is 10.2 Å². The highest BCUT2D eigenvalue weighted by Crippen LogP contribution is 2.34. The van der Waals surface area contributed by atoms with Gasteiger partial charge in [0, 0.05) is 23.2 Å². The third-order valence-electron chi connectivity index (χ3n) is 3.66. The molecule has 0 unspecified atom stereocenters. The number of phenolic OH excluding ortho intramolecular Hbond substituents is 1. The van der Waals surface area contributed by atoms with Crippen molar-refractivity contribution in [1.82, 2.24) is 0 Å². The molecule has 0 saturated carbocycles. The van der Waals surface area contributed by atoms with E-state index in [-0.39, 0.29) is 5.75 Å². The summed E-state index contributed by atoms with van der Waals surface area (Å²) < 4.78 is 37.0. The first-order chi connectivity index (χ1) is 12.3. The van der Waals surface area contributed by atoms with Crippen molar-refractivity contribution in [2.24, 2.45) is 10.2 Å². The fraction of sp³-hybridized carbons (Fsp3) is 0.0588. The molecular weight excluding hydrogens is 358 g/mol. The standard InChI is InChI=1S/C17H15N3O5S/c1-25-17-8-11(18)2-5-15(17)20-19-12-3-4-14-10(6-12)7-13(9-16(14)21)26(22,23)24/h2-9,21H,18H2,1H3,(H,22,23,24). The minimum atomic E-state index is -4.44. The van der Waals surface area contributed by atoms with Crippen LogP contribution in [0.2, 0.25) is 0 Å². The average Bonchev–Trinajstić information content (AvgIpc) is 2.59. The summed E-state index contributed by atoms with van der Waals surface area (Å²) in [4.78, 5) is -0.406. The summed E-state index contributed by atoms with van der Waals surface area (Å²) >= 11 is 0. The van der Waals surface area contributed by atoms with E-state index in [4.69, 9.17) is 15.0 Å². The molecule has 0 radical (unpaired) electrons. The van der Waals surface area contributed by atoms with Crippen LogP contribution in [0.4, 0.5) is 17.1 Å². The van der Waals surface area contributed by atoms with Crippen LogP contribution in [0.5, 0.6) is 11.5 Å². The first-order valence-corrected chi connectivity index (χ1v) is 8.81. The topological polar surface area (TPSA) is 135 Å². The average molecular weight is 373 g/mol. The number of hydrogen-bond donors (Lipinski definition) is 3. The van der Waals surface area contributed by atoms with Crippen LogP contribution in [0.1, 0.15) is 0 Å². The van der Waals surface area contributed by atoms with Crippen molar-refractivity contribution in [2.75, 3.05) is 12.8 Å². The van der Waals surface area contributed by atoms with E-state index >= 15 is 0 Å². The van der Waals surface area contributed by atoms with Crippen LogP contribution in [0.3, 0.4) is 0 Å². The molecule has 134 valence electrons. The predicted octanol–water partition coefficient (Wildman–Crippen LogP) is 3.80. The van der Waals surface area contributed by atoms with Crippen LogP contribution in [0, 0.1) is 0 Å². The minimum absolute atomic E-state index is 0.265. The van der Waals surface area contributed by atoms with E-state index in [9.17, 15) is 13.5 Å². The number of nitrogens with two attached hydrogens (primary N) is 1. The van der Waals surface area contributed by atoms with Crippen molar-refractivity contribution in [3.63, 3.8) is 0 Å². The number of aromatic hydroxyl groups is 1. The normalized spacial score (nSPS) is 11.9. The van der Waals surface area contributed by atoms with Crippen molar-refractivity contribution in [1.29, 1.82) is 0 Å². The summed E-state index contributed by atoms with van der Waals surface area (Å²) in [5.74, 6) is 0.194. The highest BCUT2D eigenvalue weighted by molar-refractivity contribution is 7.85. The Hall–Kier alpha value is -3.17. The van der Waals surface area contributed by atoms with Gasteiger partial charge >= 0.3 is 0 Å². The summed E-state index contributed by atoms with van der Waals surface area (Å²) in [6.07, 6.45) is 0. The number of phenols is 1. The van der Waals surface area contributed by atoms with E-state index in [1.165, 1.54) is 19.2 Å². The van der Waals surface area contributed by atoms with Crippen molar-refractivity contribution in [2.45, 2.75) is 4.90 Å². The second kappa shape index (κ2) is 6.62. The predicted molar refractivity (Wildman–Crippen MR) is 97.0 cm³/mol. The molecule has 0 heterocycles. The van der Waals surface area contributed by atoms with Gasteiger partial charge in [0.1, 0.15) is 17.2 Å². The maximum absolute atomic E-state index is 11.3. The van der Waals surface area contributed by atoms with Crippen LogP contribution in [-0.2, 0) is 10.1 Å². The van der Waals surface area contributed by atoms with Crippen molar-refractivity contribution in [3.8, 4) is 11.5 Å². The Morgan fingerprint density at radius 2 is 1.81 bits per heavy atom. The fourth-order valence-corrected chi connectivity index (χ4v) is 2.95. The second-order valence-electron chi connectivity index (χ2n) is 5.45. The Labute approximate surface area is 149 Å². The lowest BCUT2D eigenvalue weighted by molar-refractivity contribution is 0.416. The van der Waals surface area contributed by atoms with E-state index in [1.54, 1.807) is 30.3 Å². The first kappa shape index (κ1) is 17.6. The highest BCUT2D eigenvalue weighted by atomic mass is 32.2. The van der Waals surface area contributed by atoms with Gasteiger partial charge in [0.25, 0.3) is 10.1 Å². The number of methoxy groups -OCH3 is 1. The van der Waals surface area contributed by atoms with Crippen LogP contribution in [-0.4, -0.2) is 25.2 Å². The number of benzene rings is 3. The number of fused-ring (bicyclic) bond motifs is 1. The number of hydrogen-bond acceptors (Lipinski definition) is 7. The molecule has 0 fully saturated rings. The molecule has 4 N–H and O–H groups in total. The van der Waals surface area contributed by atoms with E-state index < -0.39 is 15.0 Å². The molecule has 0 amide bonds. The lowest BCUT2D eigenvalue weighted by Crippen LogP contribution is -1.97. The summed E-state index contributed by atoms with van der Waals surface area (Å²) in [7, 11) is -2.95. The Kier molecular flexibility index (Phi) is 4.49. The van der Waals surface area contributed by atoms with Crippen LogP contribution < -0.4 is 10.5 Å². The third kappa shape index (κ3) is 3.58. The molecule has 0 aliphatic heterocycles. The van der Waals surface area contributed by atoms with Gasteiger partial charge in [0.2, 0.25) is 0 Å². The van der Waals surface area contributed by atoms with Gasteiger partial charge in [-0.3, -0.25) is 4.55 Å². The van der Waals surface area contributed by atoms with Gasteiger partial charge in [0.05, 0.1) is 17.7 Å². The molecule has 8 nitrogen and oxygen atoms in total. The van der Waals surface area contributed by atoms with Gasteiger partial charge in [-0.1, -0.05) is 0 Å². The number of anilines is 1. The summed E-state index contributed by atoms with van der Waals surface area (Å²) in [5, 5.41) is 19.0. The molecule has 0 aliphatic rings. The zero-order valence-electron chi connectivity index (χ0n) is 13.6. The van der Waals surface area contributed by atoms with Crippen LogP contribution >= 0.6 is 0 Å². The molecule has 26 heavy (non-hydrogen) atoms. The van der Waals surface area contributed by atoms with Crippen molar-refractivity contribution < 1.29 is 22.8 Å². The zero-order valence-corrected chi connectivity index (χ0v) is 14.4. The van der Waals surface area contributed by atoms with Crippen LogP contribution in [0.15, 0.2) is 63.7 Å². The molecule has 0 bridgehead atoms. The van der Waals surface area contributed by atoms with Gasteiger partial charge in [-0.2, -0.15) is 13.5 Å². The van der Waals surface area contributed by atoms with E-state index in [0.717, 1.165) is 6.07 Å². The number of nitrogens with zero attached hydrogens (tertiary/aromatic N) is 2. The quantitative estimate of drug-likeness (QED) is 0.362. The smallest absolute Gasteiger partial charge is 0.294 e. The zero-order chi connectivity index (χ0) is 18.9. The molecule has 0 spiro atoms. The monoisotopic (exact) mass is 373 g/mol. The maximum Gasteiger partial charge on any atom is 0.294 e. The van der Waals surface area contributed by atoms with Crippen LogP contribution in [0.25, 0.3) is 10.8 Å². The lowest BCUT2D eigenvalue weighted by Gasteiger charge is -2.06. The van der Waals surface area contributed by atoms with E-state index in [0.29, 0.717) is 33.6 Å². The molecule has 0 aromatic heterocycles. The molecule has 3 aromatic rings. The second-order valence-corrected chi connectivity index (χ2v) is 6.88. The molecule has 0 atom stereocenters. The molecule has 0 aliphatic carbocycles. The molecule has 0 saturated heterocycles. The summed E-state index contributed by atoms with van der Waals surface area (Å²) in [6, 6.07) is 11.9. The minimum Gasteiger partial charge on any atom is -0.507 e. The molecule has 3 aromatic carbocycles. The maximum atomic E-state index is 11.3. The molecule has 3 rings (SSSR count). The Morgan fingerprint density at radius 1 is 1.04 bits per heavy atom. The van der Waals surface area contributed by atoms with E-state index in [1.807, 2.05) is 0 Å². The molecule has 9 heteroatoms. The van der Waals surface area contributed by atoms with Gasteiger partial charge in [-0.15, -0.1) is 5.11 Å². The third-order valence-corrected chi connectivity index (χ3v) is 4.49. The highest BCUT2D eigenvalue weighted by Gasteiger charge is 2.13. The summed E-state index contributed by atoms with van der Waals surface area (Å²) in [6.45, 7) is 0. The lowest BCUT2D eigenvalue weighted by atomic mass is 10.1. The Balaban J connectivity index is 2.04. The Bertz CT molecular complexity index is 1130. The Morgan fingerprint density at radius 3 is 2.50 bits per heavy atom. The van der Waals surface area contributed by atoms with Crippen molar-refractivity contribution >= 4 is 38.0 Å². The summed E-state index contributed by atoms with van der Waals surface area (Å²) in [5.41, 5.74) is 7.11. The van der Waals surface area contributed by atoms with Gasteiger partial charge in [-0.25, -0.2) is 0 Å². The fourth-order valence-electron chi connectivity index (χ4n) is 2.41.